The van der Waals surface area contributed by atoms with Gasteiger partial charge in [0.25, 0.3) is 0 Å². The molecule has 3 heterocycles. The summed E-state index contributed by atoms with van der Waals surface area (Å²) in [6.07, 6.45) is 10.0. The Bertz CT molecular complexity index is 802. The Hall–Kier alpha value is -2.43. The average molecular weight is 293 g/mol. The first-order chi connectivity index (χ1) is 10.8. The maximum Gasteiger partial charge on any atom is 0.220 e. The number of nitrogens with one attached hydrogen (secondary N) is 1. The number of fused-ring (bicyclic) bond motifs is 1. The second kappa shape index (κ2) is 5.40. The molecule has 0 saturated heterocycles. The van der Waals surface area contributed by atoms with Crippen molar-refractivity contribution in [2.24, 2.45) is 0 Å². The van der Waals surface area contributed by atoms with Crippen LogP contribution in [0.2, 0.25) is 0 Å². The molecule has 0 radical (unpaired) electrons. The van der Waals surface area contributed by atoms with Gasteiger partial charge in [-0.15, -0.1) is 0 Å². The Morgan fingerprint density at radius 3 is 2.86 bits per heavy atom. The summed E-state index contributed by atoms with van der Waals surface area (Å²) in [7, 11) is 0. The van der Waals surface area contributed by atoms with E-state index in [9.17, 15) is 0 Å². The second-order valence-corrected chi connectivity index (χ2v) is 5.97. The Balaban J connectivity index is 1.80. The molecule has 1 saturated carbocycles. The molecule has 0 spiro atoms. The molecule has 3 aromatic rings. The number of anilines is 1. The molecule has 1 aliphatic carbocycles. The van der Waals surface area contributed by atoms with Gasteiger partial charge in [0.1, 0.15) is 5.65 Å². The fraction of sp³-hybridized carbons (Fsp3) is 0.353. The van der Waals surface area contributed by atoms with E-state index >= 15 is 0 Å². The maximum absolute atomic E-state index is 5.97. The second-order valence-electron chi connectivity index (χ2n) is 5.97. The molecule has 22 heavy (non-hydrogen) atoms. The molecule has 0 atom stereocenters. The number of hydrogen-bond acceptors (Lipinski definition) is 4. The number of aromatic amines is 1. The number of H-pyrrole nitrogens is 1. The van der Waals surface area contributed by atoms with E-state index in [-0.39, 0.29) is 0 Å². The van der Waals surface area contributed by atoms with Gasteiger partial charge in [0.15, 0.2) is 0 Å². The van der Waals surface area contributed by atoms with Crippen molar-refractivity contribution >= 4 is 17.0 Å². The van der Waals surface area contributed by atoms with Crippen molar-refractivity contribution in [1.82, 2.24) is 19.9 Å². The van der Waals surface area contributed by atoms with E-state index in [1.165, 1.54) is 32.1 Å². The summed E-state index contributed by atoms with van der Waals surface area (Å²) < 4.78 is 0. The Morgan fingerprint density at radius 1 is 1.14 bits per heavy atom. The first-order valence-electron chi connectivity index (χ1n) is 7.88. The van der Waals surface area contributed by atoms with E-state index < -0.39 is 0 Å². The number of nitrogen functional groups attached to an aromatic ring is 1. The van der Waals surface area contributed by atoms with Crippen LogP contribution in [0.4, 0.5) is 5.95 Å². The van der Waals surface area contributed by atoms with Crippen LogP contribution in [0.25, 0.3) is 22.3 Å². The van der Waals surface area contributed by atoms with Gasteiger partial charge in [0, 0.05) is 35.0 Å². The van der Waals surface area contributed by atoms with Crippen LogP contribution in [0.5, 0.6) is 0 Å². The molecule has 5 nitrogen and oxygen atoms in total. The highest BCUT2D eigenvalue weighted by Gasteiger charge is 2.19. The van der Waals surface area contributed by atoms with E-state index in [0.29, 0.717) is 11.9 Å². The quantitative estimate of drug-likeness (QED) is 0.755. The van der Waals surface area contributed by atoms with Crippen LogP contribution < -0.4 is 5.73 Å². The lowest BCUT2D eigenvalue weighted by atomic mass is 9.86. The monoisotopic (exact) mass is 293 g/mol. The van der Waals surface area contributed by atoms with Crippen LogP contribution in [0.1, 0.15) is 43.7 Å². The van der Waals surface area contributed by atoms with E-state index in [1.54, 1.807) is 6.20 Å². The molecule has 0 aliphatic heterocycles. The van der Waals surface area contributed by atoms with Crippen LogP contribution in [0.3, 0.4) is 0 Å². The zero-order valence-corrected chi connectivity index (χ0v) is 12.4. The molecule has 1 aliphatic rings. The predicted octanol–water partition coefficient (Wildman–Crippen LogP) is 3.65. The van der Waals surface area contributed by atoms with E-state index in [1.807, 2.05) is 18.3 Å². The number of nitrogens with zero attached hydrogens (tertiary/aromatic N) is 3. The van der Waals surface area contributed by atoms with Crippen molar-refractivity contribution in [2.45, 2.75) is 38.0 Å². The SMILES string of the molecule is Nc1nc(-c2c[nH]c3ncccc23)cc(C2CCCCC2)n1. The minimum Gasteiger partial charge on any atom is -0.368 e. The molecule has 112 valence electrons. The lowest BCUT2D eigenvalue weighted by Gasteiger charge is -2.21. The van der Waals surface area contributed by atoms with Gasteiger partial charge in [0.05, 0.1) is 5.69 Å². The highest BCUT2D eigenvalue weighted by molar-refractivity contribution is 5.92. The average Bonchev–Trinajstić information content (AvgIpc) is 2.99. The highest BCUT2D eigenvalue weighted by Crippen LogP contribution is 2.34. The van der Waals surface area contributed by atoms with Crippen molar-refractivity contribution in [2.75, 3.05) is 5.73 Å². The lowest BCUT2D eigenvalue weighted by molar-refractivity contribution is 0.436. The lowest BCUT2D eigenvalue weighted by Crippen LogP contribution is -2.09. The zero-order chi connectivity index (χ0) is 14.9. The highest BCUT2D eigenvalue weighted by atomic mass is 15.0. The summed E-state index contributed by atoms with van der Waals surface area (Å²) in [5, 5.41) is 1.06. The number of aromatic nitrogens is 4. The fourth-order valence-electron chi connectivity index (χ4n) is 3.40. The molecule has 4 rings (SSSR count). The largest absolute Gasteiger partial charge is 0.368 e. The Labute approximate surface area is 129 Å². The summed E-state index contributed by atoms with van der Waals surface area (Å²) in [5.41, 5.74) is 9.84. The van der Waals surface area contributed by atoms with Crippen LogP contribution >= 0.6 is 0 Å². The van der Waals surface area contributed by atoms with Crippen molar-refractivity contribution in [3.8, 4) is 11.3 Å². The smallest absolute Gasteiger partial charge is 0.220 e. The standard InChI is InChI=1S/C17H19N5/c18-17-21-14(11-5-2-1-3-6-11)9-15(22-17)13-10-20-16-12(13)7-4-8-19-16/h4,7-11H,1-3,5-6H2,(H,19,20)(H2,18,21,22). The molecule has 0 bridgehead atoms. The summed E-state index contributed by atoms with van der Waals surface area (Å²) in [4.78, 5) is 16.5. The van der Waals surface area contributed by atoms with Gasteiger partial charge in [0.2, 0.25) is 5.95 Å². The van der Waals surface area contributed by atoms with Crippen molar-refractivity contribution in [1.29, 1.82) is 0 Å². The normalized spacial score (nSPS) is 16.2. The van der Waals surface area contributed by atoms with Crippen LogP contribution in [0.15, 0.2) is 30.6 Å². The topological polar surface area (TPSA) is 80.5 Å². The Morgan fingerprint density at radius 2 is 2.00 bits per heavy atom. The van der Waals surface area contributed by atoms with Crippen LogP contribution in [0, 0.1) is 0 Å². The van der Waals surface area contributed by atoms with Gasteiger partial charge < -0.3 is 10.7 Å². The molecule has 5 heteroatoms. The first kappa shape index (κ1) is 13.2. The van der Waals surface area contributed by atoms with Crippen molar-refractivity contribution in [3.05, 3.63) is 36.3 Å². The predicted molar refractivity (Wildman–Crippen MR) is 87.4 cm³/mol. The van der Waals surface area contributed by atoms with Gasteiger partial charge in [-0.1, -0.05) is 19.3 Å². The first-order valence-corrected chi connectivity index (χ1v) is 7.88. The number of rotatable bonds is 2. The number of nitrogens with two attached hydrogens (primary N) is 1. The van der Waals surface area contributed by atoms with Crippen molar-refractivity contribution < 1.29 is 0 Å². The summed E-state index contributed by atoms with van der Waals surface area (Å²) >= 11 is 0. The molecular formula is C17H19N5. The Kier molecular flexibility index (Phi) is 3.25. The molecular weight excluding hydrogens is 274 g/mol. The zero-order valence-electron chi connectivity index (χ0n) is 12.4. The van der Waals surface area contributed by atoms with Gasteiger partial charge in [-0.3, -0.25) is 0 Å². The molecule has 3 aromatic heterocycles. The summed E-state index contributed by atoms with van der Waals surface area (Å²) in [6, 6.07) is 6.08. The maximum atomic E-state index is 5.97. The summed E-state index contributed by atoms with van der Waals surface area (Å²) in [5.74, 6) is 0.873. The molecule has 3 N–H and O–H groups in total. The number of pyridine rings is 1. The fourth-order valence-corrected chi connectivity index (χ4v) is 3.40. The van der Waals surface area contributed by atoms with E-state index in [4.69, 9.17) is 5.73 Å². The molecule has 0 aromatic carbocycles. The molecule has 1 fully saturated rings. The van der Waals surface area contributed by atoms with Crippen LogP contribution in [-0.4, -0.2) is 19.9 Å². The van der Waals surface area contributed by atoms with Gasteiger partial charge >= 0.3 is 0 Å². The van der Waals surface area contributed by atoms with Gasteiger partial charge in [-0.05, 0) is 31.0 Å². The van der Waals surface area contributed by atoms with E-state index in [2.05, 4.69) is 26.0 Å². The minimum atomic E-state index is 0.358. The third-order valence-corrected chi connectivity index (χ3v) is 4.51. The van der Waals surface area contributed by atoms with Gasteiger partial charge in [-0.25, -0.2) is 15.0 Å². The third-order valence-electron chi connectivity index (χ3n) is 4.51. The number of hydrogen-bond donors (Lipinski definition) is 2. The van der Waals surface area contributed by atoms with Crippen LogP contribution in [-0.2, 0) is 0 Å². The van der Waals surface area contributed by atoms with Gasteiger partial charge in [-0.2, -0.15) is 0 Å². The van der Waals surface area contributed by atoms with Crippen molar-refractivity contribution in [3.63, 3.8) is 0 Å². The third kappa shape index (κ3) is 2.32. The van der Waals surface area contributed by atoms with E-state index in [0.717, 1.165) is 28.0 Å². The summed E-state index contributed by atoms with van der Waals surface area (Å²) in [6.45, 7) is 0. The molecule has 0 unspecified atom stereocenters. The molecule has 0 amide bonds. The minimum absolute atomic E-state index is 0.358.